The quantitative estimate of drug-likeness (QED) is 0.175. The Labute approximate surface area is 389 Å². The molecule has 10 aliphatic rings. The van der Waals surface area contributed by atoms with Crippen LogP contribution in [0.4, 0.5) is 0 Å². The molecule has 5 heteroatoms. The first-order valence-corrected chi connectivity index (χ1v) is 25.3. The molecule has 1 aliphatic heterocycles. The van der Waals surface area contributed by atoms with Crippen molar-refractivity contribution in [1.29, 1.82) is 0 Å². The van der Waals surface area contributed by atoms with Crippen molar-refractivity contribution in [1.82, 2.24) is 25.1 Å². The second-order valence-electron chi connectivity index (χ2n) is 20.3. The van der Waals surface area contributed by atoms with Gasteiger partial charge in [0.15, 0.2) is 0 Å². The summed E-state index contributed by atoms with van der Waals surface area (Å²) in [5.41, 5.74) is 20.0. The first-order chi connectivity index (χ1) is 32.7. The van der Waals surface area contributed by atoms with Crippen LogP contribution < -0.4 is 16.0 Å². The normalized spacial score (nSPS) is 29.2. The van der Waals surface area contributed by atoms with Gasteiger partial charge in [-0.1, -0.05) is 121 Å². The lowest BCUT2D eigenvalue weighted by Crippen LogP contribution is -2.69. The van der Waals surface area contributed by atoms with Crippen LogP contribution in [0.25, 0.3) is 51.3 Å². The van der Waals surface area contributed by atoms with Crippen molar-refractivity contribution in [3.05, 3.63) is 195 Å². The number of fused-ring (bicyclic) bond motifs is 11. The maximum Gasteiger partial charge on any atom is 0.0862 e. The van der Waals surface area contributed by atoms with E-state index < -0.39 is 0 Å². The van der Waals surface area contributed by atoms with Gasteiger partial charge in [-0.25, -0.2) is 0 Å². The zero-order valence-electron chi connectivity index (χ0n) is 37.9. The van der Waals surface area contributed by atoms with E-state index in [1.54, 1.807) is 5.57 Å². The number of hydrogen-bond acceptors (Lipinski definition) is 3. The van der Waals surface area contributed by atoms with Gasteiger partial charge in [-0.2, -0.15) is 0 Å². The van der Waals surface area contributed by atoms with Crippen LogP contribution in [0.2, 0.25) is 0 Å². The van der Waals surface area contributed by atoms with Gasteiger partial charge in [-0.3, -0.25) is 16.0 Å². The number of allylic oxidation sites excluding steroid dienone is 18. The largest absolute Gasteiger partial charge is 0.317 e. The Morgan fingerprint density at radius 3 is 2.38 bits per heavy atom. The topological polar surface area (TPSA) is 46.0 Å². The summed E-state index contributed by atoms with van der Waals surface area (Å²) in [6.07, 6.45) is 61.5. The van der Waals surface area contributed by atoms with Crippen molar-refractivity contribution in [2.45, 2.75) is 101 Å². The van der Waals surface area contributed by atoms with Crippen LogP contribution in [-0.2, 0) is 12.8 Å². The SMILES string of the molecule is C1=CC2C=Cc3c(c4c(n3-c3ccc5cc6c7c(n(C8=CC(C9NC(C%10=CCCC=C%10)NC(C%10C=C%11CCC=CC%11=CC%10)N9)=C9CCC=CC9C8)c6cc5c3)CCC=C7)CCC=C4)C2C=C1. The minimum absolute atomic E-state index is 0.0189. The van der Waals surface area contributed by atoms with E-state index in [-0.39, 0.29) is 18.5 Å². The van der Waals surface area contributed by atoms with Crippen molar-refractivity contribution in [3.63, 3.8) is 0 Å². The first-order valence-electron chi connectivity index (χ1n) is 25.3. The van der Waals surface area contributed by atoms with Crippen LogP contribution in [0.15, 0.2) is 161 Å². The van der Waals surface area contributed by atoms with E-state index in [9.17, 15) is 0 Å². The van der Waals surface area contributed by atoms with Crippen molar-refractivity contribution in [2.24, 2.45) is 17.8 Å². The summed E-state index contributed by atoms with van der Waals surface area (Å²) in [7, 11) is 0. The summed E-state index contributed by atoms with van der Waals surface area (Å²) in [5.74, 6) is 1.57. The molecule has 66 heavy (non-hydrogen) atoms. The molecule has 0 amide bonds. The van der Waals surface area contributed by atoms with Gasteiger partial charge >= 0.3 is 0 Å². The Hall–Kier alpha value is -5.98. The number of nitrogens with zero attached hydrogens (tertiary/aromatic N) is 2. The lowest BCUT2D eigenvalue weighted by Gasteiger charge is -2.45. The summed E-state index contributed by atoms with van der Waals surface area (Å²) >= 11 is 0. The van der Waals surface area contributed by atoms with Crippen LogP contribution >= 0.6 is 0 Å². The highest BCUT2D eigenvalue weighted by molar-refractivity contribution is 6.04. The van der Waals surface area contributed by atoms with Gasteiger partial charge in [0.05, 0.1) is 29.7 Å². The Balaban J connectivity index is 0.893. The molecule has 1 saturated heterocycles. The maximum atomic E-state index is 4.23. The molecule has 1 fully saturated rings. The molecule has 7 atom stereocenters. The smallest absolute Gasteiger partial charge is 0.0862 e. The molecule has 3 N–H and O–H groups in total. The number of hydrogen-bond donors (Lipinski definition) is 3. The average molecular weight is 862 g/mol. The van der Waals surface area contributed by atoms with Crippen LogP contribution in [0.1, 0.15) is 104 Å². The van der Waals surface area contributed by atoms with Gasteiger partial charge in [-0.15, -0.1) is 0 Å². The zero-order valence-corrected chi connectivity index (χ0v) is 37.9. The van der Waals surface area contributed by atoms with E-state index in [0.717, 1.165) is 77.0 Å². The van der Waals surface area contributed by atoms with Gasteiger partial charge in [-0.05, 0) is 158 Å². The summed E-state index contributed by atoms with van der Waals surface area (Å²) < 4.78 is 5.32. The number of nitrogens with one attached hydrogen (secondary N) is 3. The fourth-order valence-corrected chi connectivity index (χ4v) is 13.4. The van der Waals surface area contributed by atoms with Crippen molar-refractivity contribution >= 4 is 45.6 Å². The zero-order chi connectivity index (χ0) is 43.3. The summed E-state index contributed by atoms with van der Waals surface area (Å²) in [5, 5.41) is 16.5. The molecule has 0 saturated carbocycles. The predicted molar refractivity (Wildman–Crippen MR) is 275 cm³/mol. The van der Waals surface area contributed by atoms with Crippen LogP contribution in [-0.4, -0.2) is 27.6 Å². The summed E-state index contributed by atoms with van der Waals surface area (Å²) in [6, 6.07) is 12.3. The molecule has 328 valence electrons. The Kier molecular flexibility index (Phi) is 9.41. The van der Waals surface area contributed by atoms with Gasteiger partial charge in [0, 0.05) is 57.4 Å². The maximum absolute atomic E-state index is 4.23. The summed E-state index contributed by atoms with van der Waals surface area (Å²) in [6.45, 7) is 0. The molecule has 4 aromatic rings. The highest BCUT2D eigenvalue weighted by Gasteiger charge is 2.38. The molecule has 14 rings (SSSR count). The summed E-state index contributed by atoms with van der Waals surface area (Å²) in [4.78, 5) is 0. The third-order valence-corrected chi connectivity index (χ3v) is 16.5. The van der Waals surface area contributed by atoms with Gasteiger partial charge in [0.1, 0.15) is 0 Å². The average Bonchev–Trinajstić information content (AvgIpc) is 3.90. The molecule has 7 unspecified atom stereocenters. The van der Waals surface area contributed by atoms with E-state index in [2.05, 4.69) is 177 Å². The molecular weight excluding hydrogens is 803 g/mol. The monoisotopic (exact) mass is 861 g/mol. The molecule has 2 aromatic heterocycles. The molecule has 5 nitrogen and oxygen atoms in total. The lowest BCUT2D eigenvalue weighted by atomic mass is 9.77. The van der Waals surface area contributed by atoms with Gasteiger partial charge in [0.25, 0.3) is 0 Å². The third-order valence-electron chi connectivity index (χ3n) is 16.5. The van der Waals surface area contributed by atoms with E-state index in [1.165, 1.54) is 89.1 Å². The van der Waals surface area contributed by atoms with Crippen LogP contribution in [0.3, 0.4) is 0 Å². The fourth-order valence-electron chi connectivity index (χ4n) is 13.4. The number of rotatable bonds is 5. The van der Waals surface area contributed by atoms with Crippen LogP contribution in [0, 0.1) is 17.8 Å². The van der Waals surface area contributed by atoms with E-state index >= 15 is 0 Å². The van der Waals surface area contributed by atoms with Crippen molar-refractivity contribution < 1.29 is 0 Å². The highest BCUT2D eigenvalue weighted by Crippen LogP contribution is 2.47. The van der Waals surface area contributed by atoms with E-state index in [1.807, 2.05) is 0 Å². The molecule has 0 spiro atoms. The standard InChI is InChI=1S/C61H59N5/c1-2-16-40(17-3-1)59-62-60(44-27-26-38-14-4-5-18-41(38)32-44)64-61(63-59)53-37-47(33-43-19-7-8-20-48(43)53)66-54-24-12-10-22-50(54)52-35-42-28-30-46(34-45(42)36-57(52)66)65-55-25-13-11-23-51(55)58-49-21-9-6-15-39(49)29-31-56(58)65/h2,4,6-7,9-11,14-17,19,21-23,26,28-32,34-37,39,43-44,49,59-64H,1,3,5,8,12-13,18,20,24-25,27,33H2. The molecule has 9 aliphatic carbocycles. The molecule has 3 heterocycles. The van der Waals surface area contributed by atoms with Gasteiger partial charge < -0.3 is 9.13 Å². The minimum atomic E-state index is 0.0189. The highest BCUT2D eigenvalue weighted by atomic mass is 15.4. The van der Waals surface area contributed by atoms with Crippen LogP contribution in [0.5, 0.6) is 0 Å². The molecular formula is C61H59N5. The Morgan fingerprint density at radius 2 is 1.45 bits per heavy atom. The number of benzene rings is 2. The van der Waals surface area contributed by atoms with E-state index in [0.29, 0.717) is 23.7 Å². The minimum Gasteiger partial charge on any atom is -0.317 e. The third kappa shape index (κ3) is 6.37. The fraction of sp³-hybridized carbons (Fsp3) is 0.311. The predicted octanol–water partition coefficient (Wildman–Crippen LogP) is 13.1. The first kappa shape index (κ1) is 39.2. The van der Waals surface area contributed by atoms with Gasteiger partial charge in [0.2, 0.25) is 0 Å². The second kappa shape index (κ2) is 15.8. The van der Waals surface area contributed by atoms with E-state index in [4.69, 9.17) is 0 Å². The second-order valence-corrected chi connectivity index (χ2v) is 20.3. The molecule has 0 bridgehead atoms. The molecule has 2 aromatic carbocycles. The van der Waals surface area contributed by atoms with Crippen molar-refractivity contribution in [3.8, 4) is 5.69 Å². The lowest BCUT2D eigenvalue weighted by molar-refractivity contribution is 0.203. The Morgan fingerprint density at radius 1 is 0.621 bits per heavy atom. The number of aromatic nitrogens is 2. The Bertz CT molecular complexity index is 3160. The molecule has 0 radical (unpaired) electrons. The van der Waals surface area contributed by atoms with Crippen molar-refractivity contribution in [2.75, 3.05) is 0 Å².